The van der Waals surface area contributed by atoms with Crippen molar-refractivity contribution >= 4 is 40.0 Å². The summed E-state index contributed by atoms with van der Waals surface area (Å²) in [6, 6.07) is 15.0. The van der Waals surface area contributed by atoms with Crippen LogP contribution in [-0.4, -0.2) is 28.0 Å². The van der Waals surface area contributed by atoms with Gasteiger partial charge in [0.05, 0.1) is 17.5 Å². The van der Waals surface area contributed by atoms with Crippen molar-refractivity contribution in [3.63, 3.8) is 0 Å². The second kappa shape index (κ2) is 9.06. The fourth-order valence-electron chi connectivity index (χ4n) is 2.75. The molecule has 0 unspecified atom stereocenters. The van der Waals surface area contributed by atoms with Crippen LogP contribution in [0.5, 0.6) is 0 Å². The number of nitrogens with zero attached hydrogens (tertiary/aromatic N) is 2. The van der Waals surface area contributed by atoms with E-state index < -0.39 is 0 Å². The monoisotopic (exact) mass is 401 g/mol. The van der Waals surface area contributed by atoms with Gasteiger partial charge in [-0.25, -0.2) is 4.68 Å². The molecule has 0 bridgehead atoms. The molecular weight excluding hydrogens is 382 g/mol. The molecule has 1 N–H and O–H groups in total. The zero-order valence-electron chi connectivity index (χ0n) is 14.9. The van der Waals surface area contributed by atoms with E-state index in [2.05, 4.69) is 10.4 Å². The number of carbonyl (C=O) groups excluding carboxylic acids is 1. The van der Waals surface area contributed by atoms with E-state index in [-0.39, 0.29) is 17.9 Å². The number of carbonyl (C=O) groups is 1. The highest BCUT2D eigenvalue weighted by molar-refractivity contribution is 7.98. The van der Waals surface area contributed by atoms with Crippen LogP contribution >= 0.6 is 23.4 Å². The molecule has 0 fully saturated rings. The summed E-state index contributed by atoms with van der Waals surface area (Å²) in [5.41, 5.74) is 1.66. The Kier molecular flexibility index (Phi) is 6.53. The molecule has 3 rings (SSSR count). The topological polar surface area (TPSA) is 64.0 Å². The van der Waals surface area contributed by atoms with E-state index in [4.69, 9.17) is 11.6 Å². The number of hydrogen-bond acceptors (Lipinski definition) is 4. The molecule has 2 aromatic carbocycles. The minimum atomic E-state index is -0.159. The van der Waals surface area contributed by atoms with Crippen LogP contribution in [0.2, 0.25) is 5.02 Å². The highest BCUT2D eigenvalue weighted by Gasteiger charge is 2.11. The van der Waals surface area contributed by atoms with Crippen LogP contribution < -0.4 is 10.9 Å². The van der Waals surface area contributed by atoms with Crippen molar-refractivity contribution in [3.8, 4) is 0 Å². The molecule has 1 aromatic heterocycles. The number of hydrogen-bond donors (Lipinski definition) is 1. The summed E-state index contributed by atoms with van der Waals surface area (Å²) in [5, 5.41) is 9.22. The lowest BCUT2D eigenvalue weighted by atomic mass is 10.1. The Morgan fingerprint density at radius 2 is 1.85 bits per heavy atom. The smallest absolute Gasteiger partial charge is 0.274 e. The van der Waals surface area contributed by atoms with Crippen LogP contribution in [0, 0.1) is 0 Å². The number of aromatic nitrogens is 2. The van der Waals surface area contributed by atoms with E-state index in [0.29, 0.717) is 17.6 Å². The molecule has 1 heterocycles. The molecule has 0 saturated heterocycles. The Morgan fingerprint density at radius 3 is 2.59 bits per heavy atom. The van der Waals surface area contributed by atoms with E-state index in [1.807, 2.05) is 42.5 Å². The molecular formula is C20H20ClN3O2S. The van der Waals surface area contributed by atoms with E-state index in [9.17, 15) is 9.59 Å². The fourth-order valence-corrected chi connectivity index (χ4v) is 3.70. The van der Waals surface area contributed by atoms with Gasteiger partial charge in [-0.3, -0.25) is 9.59 Å². The summed E-state index contributed by atoms with van der Waals surface area (Å²) in [7, 11) is 1.60. The molecule has 140 valence electrons. The van der Waals surface area contributed by atoms with Gasteiger partial charge in [0.1, 0.15) is 0 Å². The lowest BCUT2D eigenvalue weighted by Gasteiger charge is -2.09. The summed E-state index contributed by atoms with van der Waals surface area (Å²) in [5.74, 6) is 1.59. The van der Waals surface area contributed by atoms with E-state index >= 15 is 0 Å². The number of fused-ring (bicyclic) bond motifs is 1. The second-order valence-electron chi connectivity index (χ2n) is 6.13. The van der Waals surface area contributed by atoms with Gasteiger partial charge in [-0.1, -0.05) is 41.9 Å². The maximum absolute atomic E-state index is 12.3. The summed E-state index contributed by atoms with van der Waals surface area (Å²) in [4.78, 5) is 24.4. The van der Waals surface area contributed by atoms with Crippen molar-refractivity contribution in [1.82, 2.24) is 15.1 Å². The molecule has 0 saturated carbocycles. The first kappa shape index (κ1) is 19.5. The van der Waals surface area contributed by atoms with Gasteiger partial charge < -0.3 is 5.32 Å². The summed E-state index contributed by atoms with van der Waals surface area (Å²) in [6.07, 6.45) is 0.149. The van der Waals surface area contributed by atoms with E-state index in [1.165, 1.54) is 10.2 Å². The molecule has 0 aliphatic rings. The Bertz CT molecular complexity index is 1000. The summed E-state index contributed by atoms with van der Waals surface area (Å²) >= 11 is 7.62. The third-order valence-electron chi connectivity index (χ3n) is 4.11. The van der Waals surface area contributed by atoms with Gasteiger partial charge in [-0.15, -0.1) is 0 Å². The van der Waals surface area contributed by atoms with Gasteiger partial charge >= 0.3 is 0 Å². The van der Waals surface area contributed by atoms with Gasteiger partial charge in [-0.2, -0.15) is 16.9 Å². The maximum Gasteiger partial charge on any atom is 0.274 e. The first-order valence-corrected chi connectivity index (χ1v) is 10.1. The fraction of sp³-hybridized carbons (Fsp3) is 0.250. The van der Waals surface area contributed by atoms with E-state index in [0.717, 1.165) is 21.9 Å². The summed E-state index contributed by atoms with van der Waals surface area (Å²) < 4.78 is 1.28. The Morgan fingerprint density at radius 1 is 1.15 bits per heavy atom. The molecule has 3 aromatic rings. The average molecular weight is 402 g/mol. The van der Waals surface area contributed by atoms with Crippen molar-refractivity contribution in [2.75, 3.05) is 12.3 Å². The second-order valence-corrected chi connectivity index (χ2v) is 7.67. The highest BCUT2D eigenvalue weighted by Crippen LogP contribution is 2.15. The standard InChI is InChI=1S/C20H20ClN3O2S/c1-24-20(26)17-5-3-2-4-16(17)18(23-24)12-19(25)22-10-11-27-13-14-6-8-15(21)9-7-14/h2-9H,10-13H2,1H3,(H,22,25). The molecule has 1 amide bonds. The molecule has 0 aliphatic heterocycles. The molecule has 5 nitrogen and oxygen atoms in total. The highest BCUT2D eigenvalue weighted by atomic mass is 35.5. The van der Waals surface area contributed by atoms with Gasteiger partial charge in [0, 0.05) is 35.5 Å². The number of thioether (sulfide) groups is 1. The zero-order chi connectivity index (χ0) is 19.2. The van der Waals surface area contributed by atoms with Gasteiger partial charge in [0.15, 0.2) is 0 Å². The van der Waals surface area contributed by atoms with Crippen LogP contribution in [0.25, 0.3) is 10.8 Å². The molecule has 0 spiro atoms. The zero-order valence-corrected chi connectivity index (χ0v) is 16.5. The van der Waals surface area contributed by atoms with Crippen molar-refractivity contribution in [3.05, 3.63) is 75.2 Å². The van der Waals surface area contributed by atoms with Crippen LogP contribution in [0.4, 0.5) is 0 Å². The third kappa shape index (κ3) is 5.11. The van der Waals surface area contributed by atoms with Gasteiger partial charge in [0.2, 0.25) is 5.91 Å². The van der Waals surface area contributed by atoms with Gasteiger partial charge in [0.25, 0.3) is 5.56 Å². The number of benzene rings is 2. The minimum Gasteiger partial charge on any atom is -0.355 e. The Hall–Kier alpha value is -2.31. The van der Waals surface area contributed by atoms with Gasteiger partial charge in [-0.05, 0) is 23.8 Å². The quantitative estimate of drug-likeness (QED) is 0.617. The van der Waals surface area contributed by atoms with Crippen LogP contribution in [0.15, 0.2) is 53.3 Å². The minimum absolute atomic E-state index is 0.0987. The third-order valence-corrected chi connectivity index (χ3v) is 5.39. The number of amides is 1. The predicted molar refractivity (Wildman–Crippen MR) is 111 cm³/mol. The molecule has 0 aliphatic carbocycles. The Balaban J connectivity index is 1.51. The lowest BCUT2D eigenvalue weighted by Crippen LogP contribution is -2.29. The molecule has 27 heavy (non-hydrogen) atoms. The molecule has 7 heteroatoms. The van der Waals surface area contributed by atoms with Crippen LogP contribution in [-0.2, 0) is 24.0 Å². The number of halogens is 1. The summed E-state index contributed by atoms with van der Waals surface area (Å²) in [6.45, 7) is 0.584. The molecule has 0 radical (unpaired) electrons. The first-order valence-electron chi connectivity index (χ1n) is 8.58. The molecule has 0 atom stereocenters. The van der Waals surface area contributed by atoms with Crippen LogP contribution in [0.1, 0.15) is 11.3 Å². The maximum atomic E-state index is 12.3. The number of rotatable bonds is 7. The largest absolute Gasteiger partial charge is 0.355 e. The van der Waals surface area contributed by atoms with Crippen molar-refractivity contribution < 1.29 is 4.79 Å². The normalized spacial score (nSPS) is 10.9. The lowest BCUT2D eigenvalue weighted by molar-refractivity contribution is -0.120. The number of nitrogens with one attached hydrogen (secondary N) is 1. The first-order chi connectivity index (χ1) is 13.0. The van der Waals surface area contributed by atoms with Crippen molar-refractivity contribution in [2.24, 2.45) is 7.05 Å². The SMILES string of the molecule is Cn1nc(CC(=O)NCCSCc2ccc(Cl)cc2)c2ccccc2c1=O. The number of aryl methyl sites for hydroxylation is 1. The van der Waals surface area contributed by atoms with Crippen molar-refractivity contribution in [1.29, 1.82) is 0 Å². The van der Waals surface area contributed by atoms with Crippen LogP contribution in [0.3, 0.4) is 0 Å². The average Bonchev–Trinajstić information content (AvgIpc) is 2.67. The predicted octanol–water partition coefficient (Wildman–Crippen LogP) is 3.18. The van der Waals surface area contributed by atoms with Crippen molar-refractivity contribution in [2.45, 2.75) is 12.2 Å². The van der Waals surface area contributed by atoms with E-state index in [1.54, 1.807) is 24.9 Å². The Labute approximate surface area is 166 Å².